The van der Waals surface area contributed by atoms with E-state index in [9.17, 15) is 4.79 Å². The van der Waals surface area contributed by atoms with Gasteiger partial charge in [-0.3, -0.25) is 4.79 Å². The first-order chi connectivity index (χ1) is 9.29. The second-order valence-corrected chi connectivity index (χ2v) is 5.41. The highest BCUT2D eigenvalue weighted by Crippen LogP contribution is 2.26. The summed E-state index contributed by atoms with van der Waals surface area (Å²) in [5.41, 5.74) is -0.623. The van der Waals surface area contributed by atoms with E-state index < -0.39 is 35.8 Å². The van der Waals surface area contributed by atoms with Crippen LogP contribution in [0.4, 0.5) is 0 Å². The average molecular weight is 244 g/mol. The van der Waals surface area contributed by atoms with Crippen molar-refractivity contribution in [3.8, 4) is 0 Å². The third-order valence-electron chi connectivity index (χ3n) is 2.00. The highest BCUT2D eigenvalue weighted by atomic mass is 35.5. The number of ketones is 1. The molecule has 0 saturated heterocycles. The van der Waals surface area contributed by atoms with Crippen LogP contribution in [0.1, 0.15) is 51.3 Å². The van der Waals surface area contributed by atoms with Crippen molar-refractivity contribution in [1.82, 2.24) is 0 Å². The Morgan fingerprint density at radius 2 is 2.19 bits per heavy atom. The quantitative estimate of drug-likeness (QED) is 0.710. The molecule has 0 saturated carbocycles. The van der Waals surface area contributed by atoms with Crippen molar-refractivity contribution in [2.75, 3.05) is 0 Å². The van der Waals surface area contributed by atoms with Gasteiger partial charge in [0, 0.05) is 17.9 Å². The number of hydrogen-bond acceptors (Lipinski definition) is 1. The fourth-order valence-electron chi connectivity index (χ4n) is 1.52. The molecule has 0 aliphatic heterocycles. The van der Waals surface area contributed by atoms with Gasteiger partial charge in [0.25, 0.3) is 0 Å². The molecule has 1 aromatic carbocycles. The van der Waals surface area contributed by atoms with E-state index in [1.165, 1.54) is 6.92 Å². The molecule has 0 spiro atoms. The van der Waals surface area contributed by atoms with Crippen LogP contribution in [0.3, 0.4) is 0 Å². The first-order valence-electron chi connectivity index (χ1n) is 7.60. The third-order valence-corrected chi connectivity index (χ3v) is 2.19. The lowest BCUT2D eigenvalue weighted by molar-refractivity contribution is 0.0897. The fraction of sp³-hybridized carbons (Fsp3) is 0.500. The van der Waals surface area contributed by atoms with E-state index in [4.69, 9.17) is 18.5 Å². The molecule has 0 heterocycles. The normalized spacial score (nSPS) is 19.9. The van der Waals surface area contributed by atoms with Crippen molar-refractivity contribution in [1.29, 1.82) is 0 Å². The van der Waals surface area contributed by atoms with Gasteiger partial charge in [-0.25, -0.2) is 0 Å². The van der Waals surface area contributed by atoms with Gasteiger partial charge in [-0.05, 0) is 23.9 Å². The van der Waals surface area contributed by atoms with Crippen molar-refractivity contribution < 1.29 is 11.6 Å². The number of carbonyl (C=O) groups excluding carboxylic acids is 1. The second kappa shape index (κ2) is 5.01. The maximum absolute atomic E-state index is 12.6. The van der Waals surface area contributed by atoms with E-state index in [0.717, 1.165) is 0 Å². The van der Waals surface area contributed by atoms with Gasteiger partial charge in [-0.1, -0.05) is 51.4 Å². The van der Waals surface area contributed by atoms with E-state index in [1.807, 2.05) is 20.8 Å². The summed E-state index contributed by atoms with van der Waals surface area (Å²) in [5.74, 6) is -2.23. The number of rotatable bonds is 3. The van der Waals surface area contributed by atoms with E-state index in [-0.39, 0.29) is 22.4 Å². The summed E-state index contributed by atoms with van der Waals surface area (Å²) in [5, 5.41) is -0.328. The van der Waals surface area contributed by atoms with Gasteiger partial charge >= 0.3 is 0 Å². The summed E-state index contributed by atoms with van der Waals surface area (Å²) < 4.78 is 39.1. The Kier molecular flexibility index (Phi) is 2.35. The summed E-state index contributed by atoms with van der Waals surface area (Å²) in [6, 6.07) is -1.89. The van der Waals surface area contributed by atoms with Crippen LogP contribution in [0.15, 0.2) is 24.2 Å². The minimum absolute atomic E-state index is 0.241. The molecule has 88 valence electrons. The molecular formula is C14H19ClO. The maximum Gasteiger partial charge on any atom is 0.165 e. The van der Waals surface area contributed by atoms with Crippen LogP contribution in [0.2, 0.25) is 5.02 Å². The first kappa shape index (κ1) is 7.50. The SMILES string of the molecule is [2H]c1c([2H])c(Cl)c([2H])c(C(=O)[C@]([2H])(C)CC(C)(C)C)c1[2H]. The van der Waals surface area contributed by atoms with Gasteiger partial charge in [0.2, 0.25) is 0 Å². The molecule has 1 rings (SSSR count). The van der Waals surface area contributed by atoms with E-state index >= 15 is 0 Å². The first-order valence-corrected chi connectivity index (χ1v) is 5.48. The monoisotopic (exact) mass is 243 g/mol. The Hall–Kier alpha value is -0.820. The van der Waals surface area contributed by atoms with Crippen molar-refractivity contribution in [2.45, 2.75) is 34.1 Å². The molecule has 16 heavy (non-hydrogen) atoms. The zero-order valence-corrected chi connectivity index (χ0v) is 10.7. The molecule has 0 fully saturated rings. The minimum Gasteiger partial charge on any atom is -0.294 e. The molecule has 1 atom stereocenters. The molecule has 0 unspecified atom stereocenters. The van der Waals surface area contributed by atoms with Crippen LogP contribution in [0.25, 0.3) is 0 Å². The number of Topliss-reactive ketones (excluding diaryl/α,β-unsaturated/α-hetero) is 1. The van der Waals surface area contributed by atoms with Crippen molar-refractivity contribution in [3.63, 3.8) is 0 Å². The number of carbonyl (C=O) groups is 1. The predicted octanol–water partition coefficient (Wildman–Crippen LogP) is 4.60. The van der Waals surface area contributed by atoms with Gasteiger partial charge in [-0.15, -0.1) is 0 Å². The standard InChI is InChI=1S/C14H19ClO/c1-10(9-14(2,3)4)13(16)11-6-5-7-12(15)8-11/h5-8,10H,9H2,1-4H3/t10-/m1/s1/i5D,6D,7D,8D,10D. The molecule has 0 aliphatic rings. The lowest BCUT2D eigenvalue weighted by atomic mass is 9.82. The largest absolute Gasteiger partial charge is 0.294 e. The molecule has 0 N–H and O–H groups in total. The van der Waals surface area contributed by atoms with Crippen molar-refractivity contribution in [3.05, 3.63) is 34.8 Å². The Morgan fingerprint density at radius 3 is 2.75 bits per heavy atom. The number of benzene rings is 1. The maximum atomic E-state index is 12.6. The smallest absolute Gasteiger partial charge is 0.165 e. The Labute approximate surface area is 110 Å². The van der Waals surface area contributed by atoms with Gasteiger partial charge < -0.3 is 0 Å². The fourth-order valence-corrected chi connectivity index (χ4v) is 1.67. The van der Waals surface area contributed by atoms with Gasteiger partial charge in [0.1, 0.15) is 0 Å². The average Bonchev–Trinajstić information content (AvgIpc) is 2.31. The molecule has 0 radical (unpaired) electrons. The summed E-state index contributed by atoms with van der Waals surface area (Å²) in [6.07, 6.45) is 0.241. The van der Waals surface area contributed by atoms with E-state index in [2.05, 4.69) is 0 Å². The number of halogens is 1. The zero-order chi connectivity index (χ0) is 16.7. The zero-order valence-electron chi connectivity index (χ0n) is 15.0. The molecule has 0 bridgehead atoms. The highest BCUT2D eigenvalue weighted by Gasteiger charge is 2.21. The molecule has 0 aromatic heterocycles. The van der Waals surface area contributed by atoms with Crippen molar-refractivity contribution >= 4 is 17.4 Å². The molecule has 0 amide bonds. The summed E-state index contributed by atoms with van der Waals surface area (Å²) >= 11 is 5.80. The highest BCUT2D eigenvalue weighted by molar-refractivity contribution is 6.31. The second-order valence-electron chi connectivity index (χ2n) is 5.04. The third kappa shape index (κ3) is 3.97. The van der Waals surface area contributed by atoms with Crippen LogP contribution >= 0.6 is 11.6 Å². The molecule has 2 heteroatoms. The Morgan fingerprint density at radius 1 is 1.56 bits per heavy atom. The number of hydrogen-bond donors (Lipinski definition) is 0. The topological polar surface area (TPSA) is 17.1 Å². The molecule has 1 nitrogen and oxygen atoms in total. The Bertz CT molecular complexity index is 561. The summed E-state index contributed by atoms with van der Waals surface area (Å²) in [4.78, 5) is 12.6. The lowest BCUT2D eigenvalue weighted by Gasteiger charge is -2.22. The van der Waals surface area contributed by atoms with Gasteiger partial charge in [0.15, 0.2) is 5.78 Å². The summed E-state index contributed by atoms with van der Waals surface area (Å²) in [6.45, 7) is 7.12. The van der Waals surface area contributed by atoms with Crippen LogP contribution < -0.4 is 0 Å². The van der Waals surface area contributed by atoms with Crippen LogP contribution in [-0.2, 0) is 0 Å². The minimum atomic E-state index is -1.52. The van der Waals surface area contributed by atoms with Crippen molar-refractivity contribution in [2.24, 2.45) is 11.3 Å². The molecular weight excluding hydrogens is 220 g/mol. The van der Waals surface area contributed by atoms with Crippen LogP contribution in [0.5, 0.6) is 0 Å². The summed E-state index contributed by atoms with van der Waals surface area (Å²) in [7, 11) is 0. The van der Waals surface area contributed by atoms with Gasteiger partial charge in [-0.2, -0.15) is 0 Å². The van der Waals surface area contributed by atoms with E-state index in [1.54, 1.807) is 0 Å². The molecule has 1 aromatic rings. The molecule has 0 aliphatic carbocycles. The van der Waals surface area contributed by atoms with E-state index in [0.29, 0.717) is 0 Å². The van der Waals surface area contributed by atoms with Gasteiger partial charge in [0.05, 0.1) is 5.48 Å². The predicted molar refractivity (Wildman–Crippen MR) is 69.0 cm³/mol. The van der Waals surface area contributed by atoms with Crippen LogP contribution in [0, 0.1) is 11.3 Å². The Balaban J connectivity index is 3.45. The lowest BCUT2D eigenvalue weighted by Crippen LogP contribution is -2.18. The van der Waals surface area contributed by atoms with Crippen LogP contribution in [-0.4, -0.2) is 5.78 Å².